The van der Waals surface area contributed by atoms with Crippen LogP contribution in [0, 0.1) is 0 Å². The average molecular weight is 349 g/mol. The third-order valence-electron chi connectivity index (χ3n) is 3.02. The predicted molar refractivity (Wildman–Crippen MR) is 91.9 cm³/mol. The molecule has 0 unspecified atom stereocenters. The highest BCUT2D eigenvalue weighted by atomic mass is 35.5. The monoisotopic (exact) mass is 348 g/mol. The summed E-state index contributed by atoms with van der Waals surface area (Å²) in [5.41, 5.74) is 2.10. The van der Waals surface area contributed by atoms with Crippen LogP contribution in [0.25, 0.3) is 5.69 Å². The molecule has 0 amide bonds. The molecule has 1 aromatic heterocycles. The fourth-order valence-electron chi connectivity index (χ4n) is 1.91. The van der Waals surface area contributed by atoms with Crippen LogP contribution in [0.5, 0.6) is 0 Å². The summed E-state index contributed by atoms with van der Waals surface area (Å²) in [5.74, 6) is 0.815. The molecule has 0 atom stereocenters. The summed E-state index contributed by atoms with van der Waals surface area (Å²) in [4.78, 5) is 1.26. The lowest BCUT2D eigenvalue weighted by Crippen LogP contribution is -1.99. The van der Waals surface area contributed by atoms with Crippen LogP contribution in [0.4, 0.5) is 0 Å². The third kappa shape index (κ3) is 3.63. The van der Waals surface area contributed by atoms with E-state index in [0.717, 1.165) is 16.6 Å². The van der Waals surface area contributed by atoms with Crippen molar-refractivity contribution in [1.29, 1.82) is 0 Å². The van der Waals surface area contributed by atoms with Gasteiger partial charge in [0.15, 0.2) is 0 Å². The Hall–Kier alpha value is -1.50. The lowest BCUT2D eigenvalue weighted by atomic mass is 10.2. The SMILES string of the molecule is CSc1ccc(CSc2nnnn2-c2cccc(Cl)c2)cc1. The van der Waals surface area contributed by atoms with E-state index in [1.54, 1.807) is 28.2 Å². The number of nitrogens with zero attached hydrogens (tertiary/aromatic N) is 4. The first kappa shape index (κ1) is 15.4. The van der Waals surface area contributed by atoms with Crippen LogP contribution in [0.15, 0.2) is 58.6 Å². The Balaban J connectivity index is 1.75. The van der Waals surface area contributed by atoms with E-state index in [1.807, 2.05) is 24.3 Å². The number of rotatable bonds is 5. The molecule has 0 aliphatic rings. The molecule has 1 heterocycles. The van der Waals surface area contributed by atoms with Crippen LogP contribution < -0.4 is 0 Å². The molecule has 0 bridgehead atoms. The van der Waals surface area contributed by atoms with Gasteiger partial charge in [-0.3, -0.25) is 0 Å². The minimum atomic E-state index is 0.664. The standard InChI is InChI=1S/C15H13ClN4S2/c1-21-14-7-5-11(6-8-14)10-22-15-17-18-19-20(15)13-4-2-3-12(16)9-13/h2-9H,10H2,1H3. The lowest BCUT2D eigenvalue weighted by Gasteiger charge is -2.05. The van der Waals surface area contributed by atoms with Gasteiger partial charge in [0, 0.05) is 15.7 Å². The van der Waals surface area contributed by atoms with E-state index in [0.29, 0.717) is 5.02 Å². The molecule has 0 N–H and O–H groups in total. The molecule has 0 fully saturated rings. The van der Waals surface area contributed by atoms with Gasteiger partial charge >= 0.3 is 0 Å². The largest absolute Gasteiger partial charge is 0.214 e. The highest BCUT2D eigenvalue weighted by Gasteiger charge is 2.09. The number of benzene rings is 2. The number of tetrazole rings is 1. The van der Waals surface area contributed by atoms with Gasteiger partial charge in [-0.15, -0.1) is 16.9 Å². The number of thioether (sulfide) groups is 2. The zero-order chi connectivity index (χ0) is 15.4. The maximum absolute atomic E-state index is 6.02. The van der Waals surface area contributed by atoms with Crippen LogP contribution in [0.2, 0.25) is 5.02 Å². The molecule has 0 aliphatic heterocycles. The van der Waals surface area contributed by atoms with Crippen LogP contribution in [0.1, 0.15) is 5.56 Å². The molecule has 3 rings (SSSR count). The molecule has 0 radical (unpaired) electrons. The maximum atomic E-state index is 6.02. The Morgan fingerprint density at radius 1 is 1.14 bits per heavy atom. The second kappa shape index (κ2) is 7.17. The molecule has 0 saturated carbocycles. The van der Waals surface area contributed by atoms with E-state index in [4.69, 9.17) is 11.6 Å². The number of hydrogen-bond donors (Lipinski definition) is 0. The fourth-order valence-corrected chi connectivity index (χ4v) is 3.35. The van der Waals surface area contributed by atoms with Gasteiger partial charge in [0.2, 0.25) is 5.16 Å². The summed E-state index contributed by atoms with van der Waals surface area (Å²) in [6, 6.07) is 16.0. The summed E-state index contributed by atoms with van der Waals surface area (Å²) >= 11 is 9.36. The first-order valence-electron chi connectivity index (χ1n) is 6.56. The number of halogens is 1. The fraction of sp³-hybridized carbons (Fsp3) is 0.133. The van der Waals surface area contributed by atoms with Gasteiger partial charge in [-0.2, -0.15) is 4.68 Å². The van der Waals surface area contributed by atoms with Crippen molar-refractivity contribution in [2.75, 3.05) is 6.26 Å². The molecule has 112 valence electrons. The van der Waals surface area contributed by atoms with Crippen LogP contribution in [-0.4, -0.2) is 26.5 Å². The Morgan fingerprint density at radius 3 is 2.68 bits per heavy atom. The number of aromatic nitrogens is 4. The summed E-state index contributed by atoms with van der Waals surface area (Å²) < 4.78 is 1.70. The van der Waals surface area contributed by atoms with E-state index in [2.05, 4.69) is 46.0 Å². The van der Waals surface area contributed by atoms with Crippen molar-refractivity contribution >= 4 is 35.1 Å². The van der Waals surface area contributed by atoms with Gasteiger partial charge < -0.3 is 0 Å². The van der Waals surface area contributed by atoms with Gasteiger partial charge in [-0.25, -0.2) is 0 Å². The number of hydrogen-bond acceptors (Lipinski definition) is 5. The van der Waals surface area contributed by atoms with Gasteiger partial charge in [-0.1, -0.05) is 41.6 Å². The van der Waals surface area contributed by atoms with Crippen molar-refractivity contribution in [2.24, 2.45) is 0 Å². The minimum Gasteiger partial charge on any atom is -0.187 e. The molecule has 0 spiro atoms. The van der Waals surface area contributed by atoms with Crippen LogP contribution in [0.3, 0.4) is 0 Å². The molecule has 7 heteroatoms. The van der Waals surface area contributed by atoms with Crippen LogP contribution >= 0.6 is 35.1 Å². The van der Waals surface area contributed by atoms with Crippen LogP contribution in [-0.2, 0) is 5.75 Å². The van der Waals surface area contributed by atoms with E-state index < -0.39 is 0 Å². The summed E-state index contributed by atoms with van der Waals surface area (Å²) in [6.07, 6.45) is 2.07. The summed E-state index contributed by atoms with van der Waals surface area (Å²) in [6.45, 7) is 0. The molecule has 4 nitrogen and oxygen atoms in total. The lowest BCUT2D eigenvalue weighted by molar-refractivity contribution is 0.756. The third-order valence-corrected chi connectivity index (χ3v) is 4.99. The van der Waals surface area contributed by atoms with E-state index in [9.17, 15) is 0 Å². The van der Waals surface area contributed by atoms with Crippen molar-refractivity contribution in [3.8, 4) is 5.69 Å². The first-order valence-corrected chi connectivity index (χ1v) is 9.15. The van der Waals surface area contributed by atoms with Crippen molar-refractivity contribution in [3.05, 3.63) is 59.1 Å². The second-order valence-electron chi connectivity index (χ2n) is 4.49. The average Bonchev–Trinajstić information content (AvgIpc) is 3.02. The van der Waals surface area contributed by atoms with Crippen molar-refractivity contribution < 1.29 is 0 Å². The van der Waals surface area contributed by atoms with Crippen molar-refractivity contribution in [3.63, 3.8) is 0 Å². The van der Waals surface area contributed by atoms with Crippen molar-refractivity contribution in [2.45, 2.75) is 15.8 Å². The summed E-state index contributed by atoms with van der Waals surface area (Å²) in [5, 5.41) is 13.3. The molecular weight excluding hydrogens is 336 g/mol. The van der Waals surface area contributed by atoms with Gasteiger partial charge in [0.1, 0.15) is 0 Å². The zero-order valence-corrected chi connectivity index (χ0v) is 14.2. The minimum absolute atomic E-state index is 0.664. The van der Waals surface area contributed by atoms with Gasteiger partial charge in [-0.05, 0) is 52.6 Å². The summed E-state index contributed by atoms with van der Waals surface area (Å²) in [7, 11) is 0. The smallest absolute Gasteiger partial charge is 0.187 e. The first-order chi connectivity index (χ1) is 10.8. The molecule has 0 saturated heterocycles. The molecule has 0 aliphatic carbocycles. The maximum Gasteiger partial charge on any atom is 0.214 e. The van der Waals surface area contributed by atoms with E-state index in [1.165, 1.54) is 10.5 Å². The molecule has 3 aromatic rings. The Kier molecular flexibility index (Phi) is 5.02. The van der Waals surface area contributed by atoms with Gasteiger partial charge in [0.25, 0.3) is 0 Å². The zero-order valence-electron chi connectivity index (χ0n) is 11.8. The molecular formula is C15H13ClN4S2. The highest BCUT2D eigenvalue weighted by Crippen LogP contribution is 2.24. The second-order valence-corrected chi connectivity index (χ2v) is 6.75. The topological polar surface area (TPSA) is 43.6 Å². The quantitative estimate of drug-likeness (QED) is 0.642. The van der Waals surface area contributed by atoms with Crippen molar-refractivity contribution in [1.82, 2.24) is 20.2 Å². The highest BCUT2D eigenvalue weighted by molar-refractivity contribution is 7.98. The Morgan fingerprint density at radius 2 is 1.95 bits per heavy atom. The normalized spacial score (nSPS) is 10.8. The predicted octanol–water partition coefficient (Wildman–Crippen LogP) is 4.33. The van der Waals surface area contributed by atoms with E-state index >= 15 is 0 Å². The Labute approximate surface area is 142 Å². The molecule has 2 aromatic carbocycles. The van der Waals surface area contributed by atoms with E-state index in [-0.39, 0.29) is 0 Å². The Bertz CT molecular complexity index is 758. The molecule has 22 heavy (non-hydrogen) atoms. The van der Waals surface area contributed by atoms with Gasteiger partial charge in [0.05, 0.1) is 5.69 Å².